The highest BCUT2D eigenvalue weighted by molar-refractivity contribution is 7.89. The quantitative estimate of drug-likeness (QED) is 0.0322. The third-order valence-corrected chi connectivity index (χ3v) is 13.5. The third-order valence-electron chi connectivity index (χ3n) is 11.7. The number of hydrogen-bond donors (Lipinski definition) is 4. The molecular weight excluding hydrogens is 935 g/mol. The molecule has 2 heterocycles. The molecule has 6 N–H and O–H groups in total. The summed E-state index contributed by atoms with van der Waals surface area (Å²) < 4.78 is 86.3. The highest BCUT2D eigenvalue weighted by Gasteiger charge is 2.34. The average molecular weight is 973 g/mol. The zero-order valence-corrected chi connectivity index (χ0v) is 36.8. The Morgan fingerprint density at radius 1 is 0.618 bits per heavy atom. The largest absolute Gasteiger partial charge is 0.519 e. The summed E-state index contributed by atoms with van der Waals surface area (Å²) in [6, 6.07) is 13.9. The van der Waals surface area contributed by atoms with Crippen LogP contribution in [0, 0.1) is 43.7 Å². The summed E-state index contributed by atoms with van der Waals surface area (Å²) >= 11 is 0. The lowest BCUT2D eigenvalue weighted by atomic mass is 9.69. The molecule has 0 aliphatic heterocycles. The molecule has 6 aromatic rings. The second-order valence-electron chi connectivity index (χ2n) is 16.3. The van der Waals surface area contributed by atoms with Crippen molar-refractivity contribution in [3.8, 4) is 11.5 Å². The molecule has 0 saturated heterocycles. The molecule has 2 aliphatic rings. The van der Waals surface area contributed by atoms with E-state index in [1.165, 1.54) is 48.5 Å². The first-order valence-corrected chi connectivity index (χ1v) is 23.6. The molecule has 352 valence electrons. The van der Waals surface area contributed by atoms with Crippen molar-refractivity contribution in [1.29, 1.82) is 0 Å². The van der Waals surface area contributed by atoms with Crippen molar-refractivity contribution >= 4 is 60.8 Å². The van der Waals surface area contributed by atoms with Crippen molar-refractivity contribution < 1.29 is 49.7 Å². The van der Waals surface area contributed by atoms with Gasteiger partial charge in [-0.25, -0.2) is 60.6 Å². The van der Waals surface area contributed by atoms with Gasteiger partial charge in [0.15, 0.2) is 0 Å². The molecule has 0 atom stereocenters. The third kappa shape index (κ3) is 11.0. The van der Waals surface area contributed by atoms with E-state index in [4.69, 9.17) is 19.8 Å². The number of non-ortho nitro benzene ring substituents is 2. The van der Waals surface area contributed by atoms with E-state index in [-0.39, 0.29) is 79.6 Å². The molecule has 0 radical (unpaired) electrons. The van der Waals surface area contributed by atoms with Gasteiger partial charge in [-0.3, -0.25) is 20.2 Å². The van der Waals surface area contributed by atoms with Crippen LogP contribution in [0.3, 0.4) is 0 Å². The molecule has 0 amide bonds. The number of aromatic nitrogens is 4. The number of carbonyl (C=O) groups is 1. The number of sulfonamides is 2. The molecule has 68 heavy (non-hydrogen) atoms. The minimum Gasteiger partial charge on any atom is -0.394 e. The van der Waals surface area contributed by atoms with Gasteiger partial charge >= 0.3 is 6.16 Å². The number of anilines is 4. The van der Waals surface area contributed by atoms with Crippen molar-refractivity contribution in [3.63, 3.8) is 0 Å². The summed E-state index contributed by atoms with van der Waals surface area (Å²) in [5, 5.41) is 39.0. The predicted molar refractivity (Wildman–Crippen MR) is 237 cm³/mol. The van der Waals surface area contributed by atoms with Gasteiger partial charge in [0.05, 0.1) is 31.0 Å². The monoisotopic (exact) mass is 972 g/mol. The fourth-order valence-corrected chi connectivity index (χ4v) is 9.12. The normalized spacial score (nSPS) is 17.8. The Morgan fingerprint density at radius 3 is 1.31 bits per heavy atom. The van der Waals surface area contributed by atoms with Crippen molar-refractivity contribution in [2.45, 2.75) is 60.2 Å². The van der Waals surface area contributed by atoms with Gasteiger partial charge in [-0.2, -0.15) is 0 Å². The molecule has 8 rings (SSSR count). The fourth-order valence-electron chi connectivity index (χ4n) is 8.06. The fraction of sp³-hybridized carbons (Fsp3) is 0.233. The van der Waals surface area contributed by atoms with Crippen LogP contribution in [0.15, 0.2) is 107 Å². The van der Waals surface area contributed by atoms with E-state index in [9.17, 15) is 50.6 Å². The van der Waals surface area contributed by atoms with Gasteiger partial charge < -0.3 is 20.1 Å². The maximum absolute atomic E-state index is 14.5. The smallest absolute Gasteiger partial charge is 0.394 e. The number of nitrogens with zero attached hydrogens (tertiary/aromatic N) is 6. The number of nitro groups is 2. The molecule has 0 bridgehead atoms. The maximum Gasteiger partial charge on any atom is 0.519 e. The van der Waals surface area contributed by atoms with Crippen LogP contribution in [0.25, 0.3) is 0 Å². The summed E-state index contributed by atoms with van der Waals surface area (Å²) in [7, 11) is -8.19. The zero-order valence-electron chi connectivity index (χ0n) is 35.2. The molecule has 2 aromatic heterocycles. The van der Waals surface area contributed by atoms with Crippen LogP contribution < -0.4 is 30.4 Å². The van der Waals surface area contributed by atoms with Gasteiger partial charge in [-0.1, -0.05) is 0 Å². The number of halogens is 2. The first kappa shape index (κ1) is 46.9. The molecular formula is C43H38F2N10O11S2. The Bertz CT molecular complexity index is 2970. The van der Waals surface area contributed by atoms with Crippen LogP contribution in [-0.2, 0) is 32.9 Å². The standard InChI is InChI=1S/C43H38F2N10O11S2/c44-35-17-33(67(46,61)62)3-5-37(35)52-41-48-19-29(20-49-41)25-9-23(10-25)13-27-15-31(54(57)58)1-7-39(27)65-43(56)66-40-8-2-32(55(59)60)16-28(40)14-24-11-26(12-24)30-21-50-42(51-22-30)53-38-6-4-34(18-36(38)45)68(47,63)64/h1-8,15-26H,9-14H2,(H2,46,61,62)(H2,47,63,64)(H,48,49,52)(H,50,51,53). The van der Waals surface area contributed by atoms with Gasteiger partial charge in [0.1, 0.15) is 23.1 Å². The van der Waals surface area contributed by atoms with Crippen molar-refractivity contribution in [3.05, 3.63) is 152 Å². The van der Waals surface area contributed by atoms with Crippen molar-refractivity contribution in [1.82, 2.24) is 19.9 Å². The highest BCUT2D eigenvalue weighted by atomic mass is 32.2. The highest BCUT2D eigenvalue weighted by Crippen LogP contribution is 2.46. The Morgan fingerprint density at radius 2 is 0.985 bits per heavy atom. The first-order valence-electron chi connectivity index (χ1n) is 20.5. The Hall–Kier alpha value is -7.61. The van der Waals surface area contributed by atoms with E-state index in [0.29, 0.717) is 49.7 Å². The number of nitro benzene ring substituents is 2. The van der Waals surface area contributed by atoms with E-state index in [0.717, 1.165) is 35.4 Å². The molecule has 0 spiro atoms. The van der Waals surface area contributed by atoms with Crippen LogP contribution in [-0.4, -0.2) is 52.8 Å². The number of ether oxygens (including phenoxy) is 2. The molecule has 0 unspecified atom stereocenters. The Kier molecular flexibility index (Phi) is 13.1. The maximum atomic E-state index is 14.5. The average Bonchev–Trinajstić information content (AvgIpc) is 3.25. The molecule has 2 aliphatic carbocycles. The van der Waals surface area contributed by atoms with Crippen LogP contribution in [0.2, 0.25) is 0 Å². The molecule has 2 fully saturated rings. The van der Waals surface area contributed by atoms with Crippen LogP contribution in [0.1, 0.15) is 59.8 Å². The number of benzene rings is 4. The summed E-state index contributed by atoms with van der Waals surface area (Å²) in [6.07, 6.45) is 8.30. The first-order chi connectivity index (χ1) is 32.2. The van der Waals surface area contributed by atoms with Gasteiger partial charge in [0.2, 0.25) is 31.9 Å². The summed E-state index contributed by atoms with van der Waals surface area (Å²) in [5.74, 6) is -1.44. The Balaban J connectivity index is 0.870. The number of carbonyl (C=O) groups excluding carboxylic acids is 1. The van der Waals surface area contributed by atoms with Gasteiger partial charge in [0.25, 0.3) is 11.4 Å². The Labute approximate surface area is 385 Å². The van der Waals surface area contributed by atoms with Gasteiger partial charge in [-0.15, -0.1) is 0 Å². The number of nitrogens with two attached hydrogens (primary N) is 2. The van der Waals surface area contributed by atoms with E-state index in [2.05, 4.69) is 30.6 Å². The number of hydrogen-bond acceptors (Lipinski definition) is 17. The van der Waals surface area contributed by atoms with Crippen LogP contribution in [0.4, 0.5) is 48.2 Å². The van der Waals surface area contributed by atoms with Crippen LogP contribution in [0.5, 0.6) is 11.5 Å². The topological polar surface area (TPSA) is 318 Å². The van der Waals surface area contributed by atoms with Gasteiger partial charge in [-0.05, 0) is 122 Å². The SMILES string of the molecule is NS(=O)(=O)c1ccc(Nc2ncc(C3CC(Cc4cc([N+](=O)[O-])ccc4OC(=O)Oc4ccc([N+](=O)[O-])cc4CC4CC(c5cnc(Nc6ccc(S(N)(=O)=O)cc6F)nc5)C4)C3)cn2)c(F)c1. The lowest BCUT2D eigenvalue weighted by Crippen LogP contribution is -2.25. The number of rotatable bonds is 16. The lowest BCUT2D eigenvalue weighted by Gasteiger charge is -2.35. The number of nitrogens with one attached hydrogen (secondary N) is 2. The zero-order chi connectivity index (χ0) is 48.5. The molecule has 25 heteroatoms. The molecule has 21 nitrogen and oxygen atoms in total. The summed E-state index contributed by atoms with van der Waals surface area (Å²) in [5.41, 5.74) is 1.79. The minimum atomic E-state index is -4.09. The second kappa shape index (κ2) is 18.9. The molecule has 2 saturated carbocycles. The van der Waals surface area contributed by atoms with Crippen molar-refractivity contribution in [2.75, 3.05) is 10.6 Å². The van der Waals surface area contributed by atoms with E-state index < -0.39 is 47.7 Å². The molecule has 4 aromatic carbocycles. The van der Waals surface area contributed by atoms with Crippen molar-refractivity contribution in [2.24, 2.45) is 22.1 Å². The van der Waals surface area contributed by atoms with E-state index in [1.807, 2.05) is 0 Å². The van der Waals surface area contributed by atoms with Gasteiger partial charge in [0, 0.05) is 60.2 Å². The minimum absolute atomic E-state index is 0.0209. The number of primary sulfonamides is 2. The lowest BCUT2D eigenvalue weighted by molar-refractivity contribution is -0.385. The second-order valence-corrected chi connectivity index (χ2v) is 19.5. The van der Waals surface area contributed by atoms with E-state index >= 15 is 0 Å². The predicted octanol–water partition coefficient (Wildman–Crippen LogP) is 7.19. The van der Waals surface area contributed by atoms with E-state index in [1.54, 1.807) is 24.8 Å². The van der Waals surface area contributed by atoms with Crippen LogP contribution >= 0.6 is 0 Å². The summed E-state index contributed by atoms with van der Waals surface area (Å²) in [4.78, 5) is 51.8. The summed E-state index contributed by atoms with van der Waals surface area (Å²) in [6.45, 7) is 0.